The molecule has 0 saturated heterocycles. The zero-order chi connectivity index (χ0) is 15.1. The number of hydrogen-bond acceptors (Lipinski definition) is 1. The van der Waals surface area contributed by atoms with Crippen LogP contribution < -0.4 is 5.32 Å². The summed E-state index contributed by atoms with van der Waals surface area (Å²) in [7, 11) is 0. The third kappa shape index (κ3) is 5.27. The van der Waals surface area contributed by atoms with Gasteiger partial charge in [0.05, 0.1) is 4.83 Å². The minimum atomic E-state index is -0.394. The minimum Gasteiger partial charge on any atom is -0.355 e. The van der Waals surface area contributed by atoms with E-state index in [4.69, 9.17) is 0 Å². The molecule has 1 N–H and O–H groups in total. The van der Waals surface area contributed by atoms with Crippen molar-refractivity contribution in [2.45, 2.75) is 43.4 Å². The highest BCUT2D eigenvalue weighted by Gasteiger charge is 2.16. The van der Waals surface area contributed by atoms with Crippen LogP contribution in [0.4, 0.5) is 4.39 Å². The van der Waals surface area contributed by atoms with Gasteiger partial charge in [0.15, 0.2) is 0 Å². The van der Waals surface area contributed by atoms with E-state index >= 15 is 0 Å². The summed E-state index contributed by atoms with van der Waals surface area (Å²) in [6.45, 7) is 0.657. The van der Waals surface area contributed by atoms with Crippen molar-refractivity contribution in [2.24, 2.45) is 0 Å². The first kappa shape index (κ1) is 16.2. The molecule has 1 unspecified atom stereocenters. The van der Waals surface area contributed by atoms with Gasteiger partial charge in [-0.05, 0) is 50.2 Å². The van der Waals surface area contributed by atoms with Crippen molar-refractivity contribution in [3.8, 4) is 0 Å². The summed E-state index contributed by atoms with van der Waals surface area (Å²) < 4.78 is 13.5. The topological polar surface area (TPSA) is 29.1 Å². The SMILES string of the molecule is O=C(NCCC1=CCCCC1)C(Br)Cc1ccccc1F. The van der Waals surface area contributed by atoms with E-state index in [0.717, 1.165) is 19.3 Å². The van der Waals surface area contributed by atoms with Crippen molar-refractivity contribution < 1.29 is 9.18 Å². The monoisotopic (exact) mass is 353 g/mol. The van der Waals surface area contributed by atoms with Crippen LogP contribution in [0.3, 0.4) is 0 Å². The molecule has 0 saturated carbocycles. The molecule has 1 atom stereocenters. The Hall–Kier alpha value is -1.16. The number of rotatable bonds is 6. The van der Waals surface area contributed by atoms with E-state index in [1.54, 1.807) is 18.2 Å². The van der Waals surface area contributed by atoms with Gasteiger partial charge in [-0.2, -0.15) is 0 Å². The molecule has 0 aliphatic heterocycles. The predicted molar refractivity (Wildman–Crippen MR) is 87.0 cm³/mol. The van der Waals surface area contributed by atoms with Crippen molar-refractivity contribution in [3.63, 3.8) is 0 Å². The second-order valence-corrected chi connectivity index (χ2v) is 6.52. The van der Waals surface area contributed by atoms with Crippen LogP contribution in [0.2, 0.25) is 0 Å². The minimum absolute atomic E-state index is 0.0744. The van der Waals surface area contributed by atoms with Gasteiger partial charge < -0.3 is 5.32 Å². The molecule has 2 rings (SSSR count). The van der Waals surface area contributed by atoms with Gasteiger partial charge in [-0.3, -0.25) is 4.79 Å². The summed E-state index contributed by atoms with van der Waals surface area (Å²) in [5, 5.41) is 2.92. The quantitative estimate of drug-likeness (QED) is 0.604. The molecule has 1 amide bonds. The smallest absolute Gasteiger partial charge is 0.234 e. The van der Waals surface area contributed by atoms with Crippen LogP contribution in [0.15, 0.2) is 35.9 Å². The fourth-order valence-electron chi connectivity index (χ4n) is 2.54. The van der Waals surface area contributed by atoms with Gasteiger partial charge in [-0.1, -0.05) is 45.8 Å². The average Bonchev–Trinajstić information content (AvgIpc) is 2.50. The molecule has 0 bridgehead atoms. The van der Waals surface area contributed by atoms with Crippen molar-refractivity contribution >= 4 is 21.8 Å². The standard InChI is InChI=1S/C17H21BrFNO/c18-15(12-14-8-4-5-9-16(14)19)17(21)20-11-10-13-6-2-1-3-7-13/h4-6,8-9,15H,1-3,7,10-12H2,(H,20,21). The van der Waals surface area contributed by atoms with Gasteiger partial charge in [0.1, 0.15) is 5.82 Å². The summed E-state index contributed by atoms with van der Waals surface area (Å²) >= 11 is 3.35. The molecule has 0 radical (unpaired) electrons. The maximum Gasteiger partial charge on any atom is 0.234 e. The second-order valence-electron chi connectivity index (χ2n) is 5.41. The van der Waals surface area contributed by atoms with E-state index in [1.807, 2.05) is 0 Å². The average molecular weight is 354 g/mol. The number of carbonyl (C=O) groups excluding carboxylic acids is 1. The first-order valence-electron chi connectivity index (χ1n) is 7.50. The van der Waals surface area contributed by atoms with Crippen molar-refractivity contribution in [1.82, 2.24) is 5.32 Å². The number of alkyl halides is 1. The molecule has 0 aromatic heterocycles. The lowest BCUT2D eigenvalue weighted by molar-refractivity contribution is -0.120. The fraction of sp³-hybridized carbons (Fsp3) is 0.471. The molecule has 1 aliphatic rings. The summed E-state index contributed by atoms with van der Waals surface area (Å²) in [6, 6.07) is 6.57. The predicted octanol–water partition coefficient (Wildman–Crippen LogP) is 4.14. The number of amides is 1. The lowest BCUT2D eigenvalue weighted by atomic mass is 9.97. The lowest BCUT2D eigenvalue weighted by Crippen LogP contribution is -2.33. The van der Waals surface area contributed by atoms with E-state index in [0.29, 0.717) is 18.5 Å². The van der Waals surface area contributed by atoms with E-state index < -0.39 is 4.83 Å². The normalized spacial score (nSPS) is 16.2. The molecular formula is C17H21BrFNO. The number of nitrogens with one attached hydrogen (secondary N) is 1. The maximum atomic E-state index is 13.5. The van der Waals surface area contributed by atoms with Gasteiger partial charge in [0.25, 0.3) is 0 Å². The summed E-state index contributed by atoms with van der Waals surface area (Å²) in [4.78, 5) is 11.6. The maximum absolute atomic E-state index is 13.5. The number of halogens is 2. The Kier molecular flexibility index (Phi) is 6.43. The number of benzene rings is 1. The summed E-state index contributed by atoms with van der Waals surface area (Å²) in [6.07, 6.45) is 8.43. The zero-order valence-electron chi connectivity index (χ0n) is 12.1. The molecule has 0 spiro atoms. The van der Waals surface area contributed by atoms with E-state index in [2.05, 4.69) is 27.3 Å². The highest BCUT2D eigenvalue weighted by Crippen LogP contribution is 2.19. The molecule has 0 fully saturated rings. The third-order valence-corrected chi connectivity index (χ3v) is 4.51. The lowest BCUT2D eigenvalue weighted by Gasteiger charge is -2.14. The molecule has 2 nitrogen and oxygen atoms in total. The van der Waals surface area contributed by atoms with Crippen LogP contribution in [0.5, 0.6) is 0 Å². The second kappa shape index (κ2) is 8.32. The van der Waals surface area contributed by atoms with Crippen LogP contribution in [0.25, 0.3) is 0 Å². The summed E-state index contributed by atoms with van der Waals surface area (Å²) in [5.41, 5.74) is 2.01. The molecule has 1 aliphatic carbocycles. The van der Waals surface area contributed by atoms with Crippen LogP contribution in [-0.4, -0.2) is 17.3 Å². The van der Waals surface area contributed by atoms with E-state index in [1.165, 1.54) is 24.5 Å². The van der Waals surface area contributed by atoms with Gasteiger partial charge in [0.2, 0.25) is 5.91 Å². The van der Waals surface area contributed by atoms with Gasteiger partial charge in [-0.15, -0.1) is 0 Å². The fourth-order valence-corrected chi connectivity index (χ4v) is 3.05. The Morgan fingerprint density at radius 2 is 2.14 bits per heavy atom. The van der Waals surface area contributed by atoms with Crippen molar-refractivity contribution in [2.75, 3.05) is 6.54 Å². The number of allylic oxidation sites excluding steroid dienone is 1. The van der Waals surface area contributed by atoms with Gasteiger partial charge in [0, 0.05) is 6.54 Å². The Bertz CT molecular complexity index is 515. The Morgan fingerprint density at radius 1 is 1.33 bits per heavy atom. The van der Waals surface area contributed by atoms with Gasteiger partial charge >= 0.3 is 0 Å². The first-order valence-corrected chi connectivity index (χ1v) is 8.41. The molecule has 0 heterocycles. The molecular weight excluding hydrogens is 333 g/mol. The highest BCUT2D eigenvalue weighted by molar-refractivity contribution is 9.10. The zero-order valence-corrected chi connectivity index (χ0v) is 13.7. The van der Waals surface area contributed by atoms with Crippen LogP contribution >= 0.6 is 15.9 Å². The Morgan fingerprint density at radius 3 is 2.86 bits per heavy atom. The summed E-state index contributed by atoms with van der Waals surface area (Å²) in [5.74, 6) is -0.336. The molecule has 1 aromatic rings. The Labute approximate surface area is 133 Å². The van der Waals surface area contributed by atoms with Crippen LogP contribution in [0.1, 0.15) is 37.7 Å². The largest absolute Gasteiger partial charge is 0.355 e. The van der Waals surface area contributed by atoms with Crippen molar-refractivity contribution in [1.29, 1.82) is 0 Å². The molecule has 21 heavy (non-hydrogen) atoms. The van der Waals surface area contributed by atoms with Crippen LogP contribution in [0, 0.1) is 5.82 Å². The number of carbonyl (C=O) groups is 1. The van der Waals surface area contributed by atoms with E-state index in [9.17, 15) is 9.18 Å². The first-order chi connectivity index (χ1) is 10.2. The molecule has 1 aromatic carbocycles. The molecule has 114 valence electrons. The molecule has 4 heteroatoms. The van der Waals surface area contributed by atoms with E-state index in [-0.39, 0.29) is 11.7 Å². The number of hydrogen-bond donors (Lipinski definition) is 1. The highest BCUT2D eigenvalue weighted by atomic mass is 79.9. The Balaban J connectivity index is 1.75. The third-order valence-electron chi connectivity index (χ3n) is 3.77. The van der Waals surface area contributed by atoms with Crippen LogP contribution in [-0.2, 0) is 11.2 Å². The van der Waals surface area contributed by atoms with Gasteiger partial charge in [-0.25, -0.2) is 4.39 Å². The van der Waals surface area contributed by atoms with Crippen molar-refractivity contribution in [3.05, 3.63) is 47.3 Å².